The molecular weight excluding hydrogens is 355 g/mol. The molecule has 1 aliphatic rings. The second kappa shape index (κ2) is 8.00. The Kier molecular flexibility index (Phi) is 5.70. The van der Waals surface area contributed by atoms with Crippen LogP contribution < -0.4 is 10.2 Å². The van der Waals surface area contributed by atoms with Gasteiger partial charge < -0.3 is 10.2 Å². The maximum absolute atomic E-state index is 13.8. The van der Waals surface area contributed by atoms with Crippen molar-refractivity contribution in [1.29, 1.82) is 0 Å². The molecule has 1 atom stereocenters. The number of nitrogens with zero attached hydrogens (tertiary/aromatic N) is 2. The SMILES string of the molecule is Cc1ccccc1N1CCN(C(C)C(=O)Nc2ccc(F)c(F)c2F)CC1. The summed E-state index contributed by atoms with van der Waals surface area (Å²) < 4.78 is 40.1. The number of benzene rings is 2. The van der Waals surface area contributed by atoms with Crippen LogP contribution in [-0.2, 0) is 4.79 Å². The lowest BCUT2D eigenvalue weighted by Gasteiger charge is -2.39. The lowest BCUT2D eigenvalue weighted by molar-refractivity contribution is -0.120. The fourth-order valence-corrected chi connectivity index (χ4v) is 3.29. The Morgan fingerprint density at radius 1 is 1.00 bits per heavy atom. The maximum Gasteiger partial charge on any atom is 0.241 e. The number of nitrogens with one attached hydrogen (secondary N) is 1. The van der Waals surface area contributed by atoms with E-state index in [2.05, 4.69) is 29.3 Å². The zero-order valence-electron chi connectivity index (χ0n) is 15.3. The molecular formula is C20H22F3N3O. The molecule has 3 rings (SSSR count). The quantitative estimate of drug-likeness (QED) is 0.828. The first kappa shape index (κ1) is 19.2. The average Bonchev–Trinajstić information content (AvgIpc) is 2.68. The Morgan fingerprint density at radius 3 is 2.33 bits per heavy atom. The highest BCUT2D eigenvalue weighted by Crippen LogP contribution is 2.23. The van der Waals surface area contributed by atoms with E-state index in [9.17, 15) is 18.0 Å². The zero-order chi connectivity index (χ0) is 19.6. The summed E-state index contributed by atoms with van der Waals surface area (Å²) in [5.41, 5.74) is 2.02. The van der Waals surface area contributed by atoms with Crippen molar-refractivity contribution in [2.75, 3.05) is 36.4 Å². The van der Waals surface area contributed by atoms with Crippen molar-refractivity contribution in [2.24, 2.45) is 0 Å². The molecule has 0 aliphatic carbocycles. The van der Waals surface area contributed by atoms with Gasteiger partial charge in [0.15, 0.2) is 17.5 Å². The van der Waals surface area contributed by atoms with E-state index in [4.69, 9.17) is 0 Å². The summed E-state index contributed by atoms with van der Waals surface area (Å²) in [6, 6.07) is 9.44. The number of carbonyl (C=O) groups excluding carboxylic acids is 1. The van der Waals surface area contributed by atoms with Gasteiger partial charge in [-0.1, -0.05) is 18.2 Å². The predicted octanol–water partition coefficient (Wildman–Crippen LogP) is 3.56. The molecule has 144 valence electrons. The Bertz CT molecular complexity index is 835. The number of hydrogen-bond acceptors (Lipinski definition) is 3. The first-order chi connectivity index (χ1) is 12.9. The topological polar surface area (TPSA) is 35.6 Å². The van der Waals surface area contributed by atoms with Gasteiger partial charge in [-0.25, -0.2) is 13.2 Å². The summed E-state index contributed by atoms with van der Waals surface area (Å²) in [6.45, 7) is 6.65. The van der Waals surface area contributed by atoms with Crippen LogP contribution in [0.3, 0.4) is 0 Å². The van der Waals surface area contributed by atoms with Crippen LogP contribution >= 0.6 is 0 Å². The third kappa shape index (κ3) is 4.08. The monoisotopic (exact) mass is 377 g/mol. The van der Waals surface area contributed by atoms with E-state index in [1.165, 1.54) is 11.3 Å². The van der Waals surface area contributed by atoms with Gasteiger partial charge in [-0.3, -0.25) is 9.69 Å². The molecule has 1 fully saturated rings. The van der Waals surface area contributed by atoms with Gasteiger partial charge in [0.1, 0.15) is 0 Å². The maximum atomic E-state index is 13.8. The second-order valence-electron chi connectivity index (χ2n) is 6.70. The molecule has 0 saturated carbocycles. The zero-order valence-corrected chi connectivity index (χ0v) is 15.3. The van der Waals surface area contributed by atoms with Crippen LogP contribution in [0.2, 0.25) is 0 Å². The van der Waals surface area contributed by atoms with Gasteiger partial charge >= 0.3 is 0 Å². The Hall–Kier alpha value is -2.54. The molecule has 1 aliphatic heterocycles. The largest absolute Gasteiger partial charge is 0.369 e. The molecule has 27 heavy (non-hydrogen) atoms. The number of piperazine rings is 1. The number of rotatable bonds is 4. The fourth-order valence-electron chi connectivity index (χ4n) is 3.29. The van der Waals surface area contributed by atoms with Crippen molar-refractivity contribution in [1.82, 2.24) is 4.90 Å². The molecule has 7 heteroatoms. The first-order valence-electron chi connectivity index (χ1n) is 8.87. The lowest BCUT2D eigenvalue weighted by atomic mass is 10.1. The van der Waals surface area contributed by atoms with E-state index in [-0.39, 0.29) is 5.69 Å². The van der Waals surface area contributed by atoms with Gasteiger partial charge in [-0.05, 0) is 37.6 Å². The van der Waals surface area contributed by atoms with Crippen LogP contribution in [0.5, 0.6) is 0 Å². The second-order valence-corrected chi connectivity index (χ2v) is 6.70. The molecule has 0 spiro atoms. The normalized spacial score (nSPS) is 16.3. The molecule has 1 amide bonds. The van der Waals surface area contributed by atoms with E-state index in [1.54, 1.807) is 6.92 Å². The van der Waals surface area contributed by atoms with Crippen molar-refractivity contribution in [3.05, 3.63) is 59.4 Å². The van der Waals surface area contributed by atoms with E-state index in [0.29, 0.717) is 13.1 Å². The van der Waals surface area contributed by atoms with Crippen LogP contribution in [0.25, 0.3) is 0 Å². The third-order valence-electron chi connectivity index (χ3n) is 4.99. The molecule has 0 bridgehead atoms. The van der Waals surface area contributed by atoms with Crippen molar-refractivity contribution in [3.63, 3.8) is 0 Å². The minimum Gasteiger partial charge on any atom is -0.369 e. The van der Waals surface area contributed by atoms with Gasteiger partial charge in [-0.15, -0.1) is 0 Å². The number of para-hydroxylation sites is 1. The van der Waals surface area contributed by atoms with Crippen LogP contribution in [0.15, 0.2) is 36.4 Å². The van der Waals surface area contributed by atoms with Crippen molar-refractivity contribution >= 4 is 17.3 Å². The third-order valence-corrected chi connectivity index (χ3v) is 4.99. The molecule has 0 radical (unpaired) electrons. The molecule has 2 aromatic carbocycles. The number of hydrogen-bond donors (Lipinski definition) is 1. The summed E-state index contributed by atoms with van der Waals surface area (Å²) in [7, 11) is 0. The molecule has 1 heterocycles. The fraction of sp³-hybridized carbons (Fsp3) is 0.350. The molecule has 2 aromatic rings. The summed E-state index contributed by atoms with van der Waals surface area (Å²) in [5.74, 6) is -4.72. The Morgan fingerprint density at radius 2 is 1.67 bits per heavy atom. The predicted molar refractivity (Wildman–Crippen MR) is 99.4 cm³/mol. The van der Waals surface area contributed by atoms with Gasteiger partial charge in [-0.2, -0.15) is 0 Å². The van der Waals surface area contributed by atoms with Crippen molar-refractivity contribution in [3.8, 4) is 0 Å². The molecule has 0 aromatic heterocycles. The molecule has 1 unspecified atom stereocenters. The minimum absolute atomic E-state index is 0.357. The van der Waals surface area contributed by atoms with E-state index < -0.39 is 29.4 Å². The van der Waals surface area contributed by atoms with Gasteiger partial charge in [0.05, 0.1) is 11.7 Å². The summed E-state index contributed by atoms with van der Waals surface area (Å²) in [5, 5.41) is 2.35. The van der Waals surface area contributed by atoms with Crippen LogP contribution in [0.1, 0.15) is 12.5 Å². The lowest BCUT2D eigenvalue weighted by Crippen LogP contribution is -2.53. The average molecular weight is 377 g/mol. The van der Waals surface area contributed by atoms with Gasteiger partial charge in [0, 0.05) is 31.9 Å². The standard InChI is InChI=1S/C20H22F3N3O/c1-13-5-3-4-6-17(13)26-11-9-25(10-12-26)14(2)20(27)24-16-8-7-15(21)18(22)19(16)23/h3-8,14H,9-12H2,1-2H3,(H,24,27). The van der Waals surface area contributed by atoms with Crippen LogP contribution in [0, 0.1) is 24.4 Å². The van der Waals surface area contributed by atoms with E-state index in [0.717, 1.165) is 25.2 Å². The van der Waals surface area contributed by atoms with Crippen LogP contribution in [0.4, 0.5) is 24.5 Å². The number of anilines is 2. The van der Waals surface area contributed by atoms with E-state index in [1.807, 2.05) is 17.0 Å². The highest BCUT2D eigenvalue weighted by molar-refractivity contribution is 5.94. The molecule has 4 nitrogen and oxygen atoms in total. The molecule has 1 saturated heterocycles. The Labute approximate surface area is 156 Å². The van der Waals surface area contributed by atoms with Gasteiger partial charge in [0.2, 0.25) is 5.91 Å². The van der Waals surface area contributed by atoms with Crippen molar-refractivity contribution in [2.45, 2.75) is 19.9 Å². The number of carbonyl (C=O) groups is 1. The number of aryl methyl sites for hydroxylation is 1. The minimum atomic E-state index is -1.59. The first-order valence-corrected chi connectivity index (χ1v) is 8.87. The van der Waals surface area contributed by atoms with Crippen LogP contribution in [-0.4, -0.2) is 43.0 Å². The number of halogens is 3. The summed E-state index contributed by atoms with van der Waals surface area (Å²) in [4.78, 5) is 16.7. The Balaban J connectivity index is 1.61. The summed E-state index contributed by atoms with van der Waals surface area (Å²) in [6.07, 6.45) is 0. The van der Waals surface area contributed by atoms with E-state index >= 15 is 0 Å². The number of amides is 1. The highest BCUT2D eigenvalue weighted by Gasteiger charge is 2.27. The summed E-state index contributed by atoms with van der Waals surface area (Å²) >= 11 is 0. The highest BCUT2D eigenvalue weighted by atomic mass is 19.2. The van der Waals surface area contributed by atoms with Crippen molar-refractivity contribution < 1.29 is 18.0 Å². The molecule has 1 N–H and O–H groups in total. The smallest absolute Gasteiger partial charge is 0.241 e. The van der Waals surface area contributed by atoms with Gasteiger partial charge in [0.25, 0.3) is 0 Å².